The molecule has 2 aromatic rings. The van der Waals surface area contributed by atoms with Crippen molar-refractivity contribution < 1.29 is 4.39 Å². The lowest BCUT2D eigenvalue weighted by Gasteiger charge is -1.98. The average Bonchev–Trinajstić information content (AvgIpc) is 2.04. The molecule has 0 amide bonds. The molecule has 0 aliphatic carbocycles. The predicted octanol–water partition coefficient (Wildman–Crippen LogP) is 1.87. The first-order valence-corrected chi connectivity index (χ1v) is 4.15. The zero-order chi connectivity index (χ0) is 8.55. The molecule has 0 bridgehead atoms. The van der Waals surface area contributed by atoms with Crippen LogP contribution in [0.1, 0.15) is 0 Å². The molecule has 1 aromatic heterocycles. The topological polar surface area (TPSA) is 12.9 Å². The molecule has 0 saturated carbocycles. The number of nitrogens with zero attached hydrogens (tertiary/aromatic N) is 1. The van der Waals surface area contributed by atoms with Crippen LogP contribution in [-0.4, -0.2) is 4.98 Å². The maximum atomic E-state index is 13.2. The number of aromatic nitrogens is 1. The van der Waals surface area contributed by atoms with Crippen molar-refractivity contribution in [3.8, 4) is 0 Å². The van der Waals surface area contributed by atoms with E-state index in [0.29, 0.717) is 5.52 Å². The van der Waals surface area contributed by atoms with Crippen LogP contribution in [0.5, 0.6) is 0 Å². The molecule has 0 N–H and O–H groups in total. The Hall–Kier alpha value is -1.01. The lowest BCUT2D eigenvalue weighted by molar-refractivity contribution is 0.638. The number of fused-ring (bicyclic) bond motifs is 1. The van der Waals surface area contributed by atoms with Gasteiger partial charge in [0.1, 0.15) is 11.3 Å². The van der Waals surface area contributed by atoms with Gasteiger partial charge in [-0.15, -0.1) is 9.24 Å². The summed E-state index contributed by atoms with van der Waals surface area (Å²) in [4.78, 5) is 3.94. The molecule has 3 heteroatoms. The zero-order valence-electron chi connectivity index (χ0n) is 6.29. The van der Waals surface area contributed by atoms with Crippen molar-refractivity contribution in [2.75, 3.05) is 0 Å². The highest BCUT2D eigenvalue weighted by molar-refractivity contribution is 7.27. The number of hydrogen-bond donors (Lipinski definition) is 0. The Bertz CT molecular complexity index is 428. The SMILES string of the molecule is Fc1cc(P)cc2cccnc12. The normalized spacial score (nSPS) is 10.5. The minimum Gasteiger partial charge on any atom is -0.253 e. The third kappa shape index (κ3) is 1.19. The van der Waals surface area contributed by atoms with Gasteiger partial charge in [-0.05, 0) is 23.5 Å². The first kappa shape index (κ1) is 7.63. The quantitative estimate of drug-likeness (QED) is 0.562. The Morgan fingerprint density at radius 3 is 3.00 bits per heavy atom. The number of pyridine rings is 1. The number of hydrogen-bond acceptors (Lipinski definition) is 1. The van der Waals surface area contributed by atoms with E-state index in [1.165, 1.54) is 6.07 Å². The van der Waals surface area contributed by atoms with E-state index in [2.05, 4.69) is 14.2 Å². The molecule has 0 aliphatic rings. The van der Waals surface area contributed by atoms with Gasteiger partial charge in [0.05, 0.1) is 0 Å². The smallest absolute Gasteiger partial charge is 0.150 e. The van der Waals surface area contributed by atoms with Gasteiger partial charge in [-0.3, -0.25) is 4.98 Å². The summed E-state index contributed by atoms with van der Waals surface area (Å²) in [5, 5.41) is 1.68. The minimum absolute atomic E-state index is 0.266. The van der Waals surface area contributed by atoms with E-state index >= 15 is 0 Å². The van der Waals surface area contributed by atoms with Crippen LogP contribution < -0.4 is 5.30 Å². The highest BCUT2D eigenvalue weighted by atomic mass is 31.0. The zero-order valence-corrected chi connectivity index (χ0v) is 7.44. The molecule has 1 unspecified atom stereocenters. The molecule has 1 atom stereocenters. The van der Waals surface area contributed by atoms with Crippen molar-refractivity contribution in [2.24, 2.45) is 0 Å². The van der Waals surface area contributed by atoms with Gasteiger partial charge in [0.25, 0.3) is 0 Å². The van der Waals surface area contributed by atoms with Crippen LogP contribution in [0.25, 0.3) is 10.9 Å². The van der Waals surface area contributed by atoms with Crippen molar-refractivity contribution in [1.82, 2.24) is 4.98 Å². The van der Waals surface area contributed by atoms with E-state index in [4.69, 9.17) is 0 Å². The Morgan fingerprint density at radius 2 is 2.17 bits per heavy atom. The molecule has 0 spiro atoms. The van der Waals surface area contributed by atoms with Crippen molar-refractivity contribution in [2.45, 2.75) is 0 Å². The van der Waals surface area contributed by atoms with Crippen LogP contribution >= 0.6 is 9.24 Å². The largest absolute Gasteiger partial charge is 0.253 e. The Kier molecular flexibility index (Phi) is 1.78. The molecule has 0 fully saturated rings. The molecule has 12 heavy (non-hydrogen) atoms. The summed E-state index contributed by atoms with van der Waals surface area (Å²) in [5.41, 5.74) is 0.434. The van der Waals surface area contributed by atoms with E-state index < -0.39 is 0 Å². The molecule has 0 aliphatic heterocycles. The van der Waals surface area contributed by atoms with Crippen LogP contribution in [0.3, 0.4) is 0 Å². The molecule has 0 saturated heterocycles. The first-order valence-electron chi connectivity index (χ1n) is 3.57. The van der Waals surface area contributed by atoms with E-state index in [9.17, 15) is 4.39 Å². The fraction of sp³-hybridized carbons (Fsp3) is 0. The summed E-state index contributed by atoms with van der Waals surface area (Å²) in [5.74, 6) is -0.266. The molecule has 0 radical (unpaired) electrons. The van der Waals surface area contributed by atoms with E-state index in [-0.39, 0.29) is 5.82 Å². The third-order valence-electron chi connectivity index (χ3n) is 1.68. The monoisotopic (exact) mass is 179 g/mol. The van der Waals surface area contributed by atoms with Gasteiger partial charge < -0.3 is 0 Å². The standard InChI is InChI=1S/C9H7FNP/c10-8-5-7(12)4-6-2-1-3-11-9(6)8/h1-5H,12H2. The molecule has 1 aromatic carbocycles. The van der Waals surface area contributed by atoms with Gasteiger partial charge in [0.15, 0.2) is 0 Å². The molecule has 1 heterocycles. The van der Waals surface area contributed by atoms with Crippen LogP contribution in [-0.2, 0) is 0 Å². The molecule has 1 nitrogen and oxygen atoms in total. The summed E-state index contributed by atoms with van der Waals surface area (Å²) in [7, 11) is 2.47. The molecule has 2 rings (SSSR count). The second-order valence-corrected chi connectivity index (χ2v) is 3.24. The highest BCUT2D eigenvalue weighted by Crippen LogP contribution is 2.13. The summed E-state index contributed by atoms with van der Waals surface area (Å²) < 4.78 is 13.2. The first-order chi connectivity index (χ1) is 5.77. The van der Waals surface area contributed by atoms with Crippen molar-refractivity contribution in [1.29, 1.82) is 0 Å². The van der Waals surface area contributed by atoms with Gasteiger partial charge in [-0.25, -0.2) is 4.39 Å². The highest BCUT2D eigenvalue weighted by Gasteiger charge is 2.00. The van der Waals surface area contributed by atoms with E-state index in [1.54, 1.807) is 12.3 Å². The van der Waals surface area contributed by atoms with Crippen molar-refractivity contribution >= 4 is 25.4 Å². The molecular weight excluding hydrogens is 172 g/mol. The van der Waals surface area contributed by atoms with Gasteiger partial charge in [-0.1, -0.05) is 6.07 Å². The maximum absolute atomic E-state index is 13.2. The summed E-state index contributed by atoms with van der Waals surface area (Å²) >= 11 is 0. The van der Waals surface area contributed by atoms with Crippen molar-refractivity contribution in [3.05, 3.63) is 36.3 Å². The fourth-order valence-corrected chi connectivity index (χ4v) is 1.50. The maximum Gasteiger partial charge on any atom is 0.150 e. The van der Waals surface area contributed by atoms with E-state index in [1.807, 2.05) is 12.1 Å². The van der Waals surface area contributed by atoms with Gasteiger partial charge >= 0.3 is 0 Å². The van der Waals surface area contributed by atoms with Crippen LogP contribution in [0.4, 0.5) is 4.39 Å². The summed E-state index contributed by atoms with van der Waals surface area (Å²) in [6, 6.07) is 6.99. The van der Waals surface area contributed by atoms with Crippen LogP contribution in [0.15, 0.2) is 30.5 Å². The minimum atomic E-state index is -0.266. The lowest BCUT2D eigenvalue weighted by atomic mass is 10.2. The molecular formula is C9H7FNP. The van der Waals surface area contributed by atoms with Crippen molar-refractivity contribution in [3.63, 3.8) is 0 Å². The average molecular weight is 179 g/mol. The Morgan fingerprint density at radius 1 is 1.33 bits per heavy atom. The lowest BCUT2D eigenvalue weighted by Crippen LogP contribution is -1.94. The predicted molar refractivity (Wildman–Crippen MR) is 51.0 cm³/mol. The van der Waals surface area contributed by atoms with Gasteiger partial charge in [0, 0.05) is 11.6 Å². The fourth-order valence-electron chi connectivity index (χ4n) is 1.17. The second-order valence-electron chi connectivity index (χ2n) is 2.58. The number of benzene rings is 1. The van der Waals surface area contributed by atoms with Gasteiger partial charge in [0.2, 0.25) is 0 Å². The third-order valence-corrected chi connectivity index (χ3v) is 2.01. The van der Waals surface area contributed by atoms with Crippen LogP contribution in [0.2, 0.25) is 0 Å². The van der Waals surface area contributed by atoms with Gasteiger partial charge in [-0.2, -0.15) is 0 Å². The second kappa shape index (κ2) is 2.80. The Labute approximate surface area is 71.8 Å². The summed E-state index contributed by atoms with van der Waals surface area (Å²) in [6.07, 6.45) is 1.59. The van der Waals surface area contributed by atoms with Crippen LogP contribution in [0, 0.1) is 5.82 Å². The number of halogens is 1. The summed E-state index contributed by atoms with van der Waals surface area (Å²) in [6.45, 7) is 0. The molecule has 60 valence electrons. The number of rotatable bonds is 0. The van der Waals surface area contributed by atoms with E-state index in [0.717, 1.165) is 10.7 Å². The Balaban J connectivity index is 2.89.